The van der Waals surface area contributed by atoms with Crippen LogP contribution in [0.3, 0.4) is 0 Å². The number of rotatable bonds is 5. The molecular formula is C20H25N3O3S2. The highest BCUT2D eigenvalue weighted by Gasteiger charge is 2.23. The minimum atomic E-state index is -0.345. The van der Waals surface area contributed by atoms with Crippen LogP contribution >= 0.6 is 23.6 Å². The number of nitrogens with one attached hydrogen (secondary N) is 1. The van der Waals surface area contributed by atoms with Gasteiger partial charge in [0.15, 0.2) is 5.11 Å². The molecule has 1 aromatic heterocycles. The molecule has 0 radical (unpaired) electrons. The first-order valence-electron chi connectivity index (χ1n) is 9.22. The van der Waals surface area contributed by atoms with Crippen molar-refractivity contribution in [1.29, 1.82) is 0 Å². The molecule has 1 saturated heterocycles. The lowest BCUT2D eigenvalue weighted by Crippen LogP contribution is -2.50. The lowest BCUT2D eigenvalue weighted by Gasteiger charge is -2.37. The van der Waals surface area contributed by atoms with Crippen molar-refractivity contribution >= 4 is 45.3 Å². The van der Waals surface area contributed by atoms with Crippen LogP contribution in [-0.4, -0.2) is 56.4 Å². The number of carbonyl (C=O) groups is 1. The summed E-state index contributed by atoms with van der Waals surface area (Å²) in [7, 11) is 3.09. The number of methoxy groups -OCH3 is 2. The van der Waals surface area contributed by atoms with Crippen LogP contribution in [-0.2, 0) is 11.2 Å². The van der Waals surface area contributed by atoms with Gasteiger partial charge >= 0.3 is 5.97 Å². The highest BCUT2D eigenvalue weighted by Crippen LogP contribution is 2.31. The normalized spacial score (nSPS) is 14.0. The summed E-state index contributed by atoms with van der Waals surface area (Å²) in [6.07, 6.45) is 0.862. The van der Waals surface area contributed by atoms with Gasteiger partial charge < -0.3 is 24.6 Å². The Bertz CT molecular complexity index is 845. The van der Waals surface area contributed by atoms with Gasteiger partial charge in [0.25, 0.3) is 0 Å². The number of para-hydroxylation sites is 2. The summed E-state index contributed by atoms with van der Waals surface area (Å²) < 4.78 is 10.4. The second kappa shape index (κ2) is 9.25. The van der Waals surface area contributed by atoms with Gasteiger partial charge in [-0.25, -0.2) is 4.79 Å². The molecule has 0 bridgehead atoms. The molecule has 1 aliphatic heterocycles. The summed E-state index contributed by atoms with van der Waals surface area (Å²) in [5.41, 5.74) is 1.64. The highest BCUT2D eigenvalue weighted by atomic mass is 32.1. The van der Waals surface area contributed by atoms with E-state index < -0.39 is 0 Å². The molecule has 2 aromatic rings. The van der Waals surface area contributed by atoms with Crippen molar-refractivity contribution in [3.8, 4) is 5.75 Å². The van der Waals surface area contributed by atoms with E-state index in [0.717, 1.165) is 53.9 Å². The van der Waals surface area contributed by atoms with E-state index in [0.29, 0.717) is 10.7 Å². The maximum atomic E-state index is 12.1. The van der Waals surface area contributed by atoms with Crippen LogP contribution in [0.5, 0.6) is 5.75 Å². The van der Waals surface area contributed by atoms with Gasteiger partial charge in [-0.3, -0.25) is 0 Å². The van der Waals surface area contributed by atoms with Crippen LogP contribution in [0.25, 0.3) is 0 Å². The number of nitrogens with zero attached hydrogens (tertiary/aromatic N) is 2. The third-order valence-corrected chi connectivity index (χ3v) is 6.31. The van der Waals surface area contributed by atoms with Gasteiger partial charge in [0.05, 0.1) is 25.5 Å². The molecule has 1 N–H and O–H groups in total. The van der Waals surface area contributed by atoms with E-state index in [1.807, 2.05) is 24.3 Å². The first-order valence-corrected chi connectivity index (χ1v) is 10.4. The minimum Gasteiger partial charge on any atom is -0.495 e. The van der Waals surface area contributed by atoms with Gasteiger partial charge in [0.2, 0.25) is 0 Å². The Morgan fingerprint density at radius 1 is 1.21 bits per heavy atom. The van der Waals surface area contributed by atoms with Gasteiger partial charge in [-0.15, -0.1) is 11.3 Å². The molecule has 28 heavy (non-hydrogen) atoms. The first kappa shape index (κ1) is 20.4. The molecule has 150 valence electrons. The largest absolute Gasteiger partial charge is 0.495 e. The van der Waals surface area contributed by atoms with Crippen molar-refractivity contribution < 1.29 is 14.3 Å². The number of hydrogen-bond acceptors (Lipinski definition) is 6. The number of benzene rings is 1. The number of thiocarbonyl (C=S) groups is 1. The van der Waals surface area contributed by atoms with Crippen LogP contribution in [0, 0.1) is 0 Å². The maximum absolute atomic E-state index is 12.1. The second-order valence-corrected chi connectivity index (χ2v) is 7.90. The van der Waals surface area contributed by atoms with Crippen LogP contribution in [0.4, 0.5) is 10.7 Å². The molecule has 0 spiro atoms. The van der Waals surface area contributed by atoms with Gasteiger partial charge in [-0.2, -0.15) is 0 Å². The van der Waals surface area contributed by atoms with Gasteiger partial charge in [-0.05, 0) is 36.8 Å². The third kappa shape index (κ3) is 4.39. The predicted octanol–water partition coefficient (Wildman–Crippen LogP) is 3.62. The lowest BCUT2D eigenvalue weighted by atomic mass is 10.2. The molecule has 1 aromatic carbocycles. The van der Waals surface area contributed by atoms with Crippen LogP contribution in [0.15, 0.2) is 30.3 Å². The Kier molecular flexibility index (Phi) is 6.74. The van der Waals surface area contributed by atoms with E-state index in [1.54, 1.807) is 18.4 Å². The van der Waals surface area contributed by atoms with Gasteiger partial charge in [0.1, 0.15) is 10.8 Å². The maximum Gasteiger partial charge on any atom is 0.340 e. The number of aryl methyl sites for hydroxylation is 1. The number of ether oxygens (including phenoxy) is 2. The number of hydrogen-bond donors (Lipinski definition) is 1. The Labute approximate surface area is 175 Å². The van der Waals surface area contributed by atoms with Gasteiger partial charge in [0, 0.05) is 31.1 Å². The van der Waals surface area contributed by atoms with Crippen LogP contribution in [0.1, 0.15) is 22.2 Å². The molecule has 0 saturated carbocycles. The number of carbonyl (C=O) groups excluding carboxylic acids is 1. The molecule has 0 atom stereocenters. The molecular weight excluding hydrogens is 394 g/mol. The topological polar surface area (TPSA) is 54.0 Å². The molecule has 1 fully saturated rings. The third-order valence-electron chi connectivity index (χ3n) is 4.75. The first-order chi connectivity index (χ1) is 13.6. The average molecular weight is 420 g/mol. The summed E-state index contributed by atoms with van der Waals surface area (Å²) in [5, 5.41) is 4.64. The van der Waals surface area contributed by atoms with E-state index in [-0.39, 0.29) is 5.97 Å². The molecule has 6 nitrogen and oxygen atoms in total. The van der Waals surface area contributed by atoms with Crippen molar-refractivity contribution in [3.63, 3.8) is 0 Å². The van der Waals surface area contributed by atoms with Crippen molar-refractivity contribution in [1.82, 2.24) is 4.90 Å². The van der Waals surface area contributed by atoms with Gasteiger partial charge in [-0.1, -0.05) is 19.1 Å². The van der Waals surface area contributed by atoms with Crippen molar-refractivity contribution in [2.75, 3.05) is 50.6 Å². The minimum absolute atomic E-state index is 0.345. The molecule has 2 heterocycles. The average Bonchev–Trinajstić information content (AvgIpc) is 3.16. The summed E-state index contributed by atoms with van der Waals surface area (Å²) in [6.45, 7) is 5.34. The van der Waals surface area contributed by atoms with Crippen LogP contribution in [0.2, 0.25) is 0 Å². The van der Waals surface area contributed by atoms with Crippen molar-refractivity contribution in [3.05, 3.63) is 40.8 Å². The fraction of sp³-hybridized carbons (Fsp3) is 0.400. The zero-order valence-electron chi connectivity index (χ0n) is 16.4. The monoisotopic (exact) mass is 419 g/mol. The molecule has 0 amide bonds. The molecule has 1 aliphatic rings. The number of thiophene rings is 1. The Hall–Kier alpha value is -2.32. The smallest absolute Gasteiger partial charge is 0.340 e. The zero-order valence-corrected chi connectivity index (χ0v) is 18.0. The van der Waals surface area contributed by atoms with Crippen molar-refractivity contribution in [2.45, 2.75) is 13.3 Å². The Morgan fingerprint density at radius 3 is 2.57 bits per heavy atom. The number of anilines is 2. The van der Waals surface area contributed by atoms with Crippen molar-refractivity contribution in [2.24, 2.45) is 0 Å². The highest BCUT2D eigenvalue weighted by molar-refractivity contribution is 7.80. The Morgan fingerprint density at radius 2 is 1.93 bits per heavy atom. The lowest BCUT2D eigenvalue weighted by molar-refractivity contribution is 0.0602. The summed E-state index contributed by atoms with van der Waals surface area (Å²) >= 11 is 7.16. The Balaban J connectivity index is 1.65. The van der Waals surface area contributed by atoms with Crippen LogP contribution < -0.4 is 15.0 Å². The summed E-state index contributed by atoms with van der Waals surface area (Å²) in [4.78, 5) is 17.6. The number of esters is 1. The number of piperazine rings is 1. The van der Waals surface area contributed by atoms with E-state index in [9.17, 15) is 4.79 Å². The summed E-state index contributed by atoms with van der Waals surface area (Å²) in [5.74, 6) is 0.535. The van der Waals surface area contributed by atoms with E-state index in [4.69, 9.17) is 21.7 Å². The zero-order chi connectivity index (χ0) is 20.1. The second-order valence-electron chi connectivity index (χ2n) is 6.38. The van der Waals surface area contributed by atoms with E-state index in [2.05, 4.69) is 28.1 Å². The standard InChI is InChI=1S/C20H25N3O3S2/c1-4-14-13-15(19(24)26-3)18(28-14)21-20(27)23-11-9-22(10-12-23)16-7-5-6-8-17(16)25-2/h5-8,13H,4,9-12H2,1-3H3,(H,21,27). The molecule has 0 unspecified atom stereocenters. The quantitative estimate of drug-likeness (QED) is 0.587. The molecule has 8 heteroatoms. The SMILES string of the molecule is CCc1cc(C(=O)OC)c(NC(=S)N2CCN(c3ccccc3OC)CC2)s1. The molecule has 3 rings (SSSR count). The fourth-order valence-electron chi connectivity index (χ4n) is 3.19. The van der Waals surface area contributed by atoms with E-state index >= 15 is 0 Å². The summed E-state index contributed by atoms with van der Waals surface area (Å²) in [6, 6.07) is 9.92. The van der Waals surface area contributed by atoms with E-state index in [1.165, 1.54) is 7.11 Å². The molecule has 0 aliphatic carbocycles. The predicted molar refractivity (Wildman–Crippen MR) is 118 cm³/mol. The fourth-order valence-corrected chi connectivity index (χ4v) is 4.52.